The van der Waals surface area contributed by atoms with Gasteiger partial charge in [0.25, 0.3) is 0 Å². The lowest BCUT2D eigenvalue weighted by Gasteiger charge is -2.30. The maximum absolute atomic E-state index is 12.7. The second-order valence-corrected chi connectivity index (χ2v) is 9.07. The molecule has 29 heavy (non-hydrogen) atoms. The van der Waals surface area contributed by atoms with Gasteiger partial charge in [-0.2, -0.15) is 0 Å². The van der Waals surface area contributed by atoms with Crippen molar-refractivity contribution in [3.8, 4) is 0 Å². The van der Waals surface area contributed by atoms with Crippen LogP contribution in [0.4, 0.5) is 0 Å². The Bertz CT molecular complexity index is 845. The summed E-state index contributed by atoms with van der Waals surface area (Å²) in [7, 11) is 0. The van der Waals surface area contributed by atoms with E-state index in [-0.39, 0.29) is 17.9 Å². The van der Waals surface area contributed by atoms with E-state index in [4.69, 9.17) is 0 Å². The summed E-state index contributed by atoms with van der Waals surface area (Å²) >= 11 is 1.74. The molecular weight excluding hydrogens is 384 g/mol. The monoisotopic (exact) mass is 412 g/mol. The van der Waals surface area contributed by atoms with Crippen LogP contribution in [0.15, 0.2) is 36.4 Å². The third-order valence-corrected chi connectivity index (χ3v) is 6.91. The number of rotatable bonds is 6. The van der Waals surface area contributed by atoms with Gasteiger partial charge in [0.05, 0.1) is 12.6 Å². The number of hydrogen-bond acceptors (Lipinski definition) is 5. The van der Waals surface area contributed by atoms with Crippen molar-refractivity contribution in [2.75, 3.05) is 6.54 Å². The summed E-state index contributed by atoms with van der Waals surface area (Å²) < 4.78 is 0. The zero-order valence-electron chi connectivity index (χ0n) is 16.7. The highest BCUT2D eigenvalue weighted by molar-refractivity contribution is 7.12. The van der Waals surface area contributed by atoms with Crippen LogP contribution in [0, 0.1) is 0 Å². The second kappa shape index (κ2) is 9.07. The van der Waals surface area contributed by atoms with Crippen LogP contribution in [0.5, 0.6) is 0 Å². The normalized spacial score (nSPS) is 22.0. The fourth-order valence-corrected chi connectivity index (χ4v) is 5.18. The summed E-state index contributed by atoms with van der Waals surface area (Å²) in [5.41, 5.74) is 2.60. The number of amides is 2. The number of nitrogens with one attached hydrogen (secondary N) is 4. The van der Waals surface area contributed by atoms with Crippen LogP contribution in [0.3, 0.4) is 0 Å². The smallest absolute Gasteiger partial charge is 0.242 e. The highest BCUT2D eigenvalue weighted by Crippen LogP contribution is 2.28. The molecule has 0 radical (unpaired) electrons. The van der Waals surface area contributed by atoms with Gasteiger partial charge >= 0.3 is 0 Å². The molecule has 7 heteroatoms. The first-order valence-corrected chi connectivity index (χ1v) is 11.1. The van der Waals surface area contributed by atoms with E-state index >= 15 is 0 Å². The van der Waals surface area contributed by atoms with Gasteiger partial charge in [0.2, 0.25) is 11.8 Å². The molecule has 4 rings (SSSR count). The zero-order valence-corrected chi connectivity index (χ0v) is 17.5. The zero-order chi connectivity index (χ0) is 20.2. The summed E-state index contributed by atoms with van der Waals surface area (Å²) in [6, 6.07) is 11.7. The van der Waals surface area contributed by atoms with Gasteiger partial charge in [-0.15, -0.1) is 11.3 Å². The van der Waals surface area contributed by atoms with Crippen LogP contribution in [0.25, 0.3) is 0 Å². The van der Waals surface area contributed by atoms with Crippen LogP contribution in [0.1, 0.15) is 46.6 Å². The standard InChI is InChI=1S/C22H28N4O2S/c1-14(21(27)25-12-18-9-17-11-23-13-20(17)29-18)26-22(28)19-10-16(7-8-24-19)15-5-3-2-4-6-15/h2-6,9,14,16,19,23-24H,7-8,10-13H2,1H3,(H,25,27)(H,26,28)/t14?,16-,19+/m0/s1. The molecule has 2 aliphatic heterocycles. The molecule has 0 spiro atoms. The topological polar surface area (TPSA) is 82.3 Å². The van der Waals surface area contributed by atoms with Crippen molar-refractivity contribution < 1.29 is 9.59 Å². The summed E-state index contributed by atoms with van der Waals surface area (Å²) in [6.07, 6.45) is 1.77. The minimum absolute atomic E-state index is 0.102. The molecule has 0 bridgehead atoms. The molecular formula is C22H28N4O2S. The molecule has 1 aromatic carbocycles. The van der Waals surface area contributed by atoms with Gasteiger partial charge in [-0.25, -0.2) is 0 Å². The lowest BCUT2D eigenvalue weighted by molar-refractivity contribution is -0.130. The fraction of sp³-hybridized carbons (Fsp3) is 0.455. The molecule has 2 aliphatic rings. The van der Waals surface area contributed by atoms with E-state index in [9.17, 15) is 9.59 Å². The van der Waals surface area contributed by atoms with E-state index in [1.54, 1.807) is 18.3 Å². The van der Waals surface area contributed by atoms with Crippen LogP contribution < -0.4 is 21.3 Å². The predicted octanol–water partition coefficient (Wildman–Crippen LogP) is 2.01. The summed E-state index contributed by atoms with van der Waals surface area (Å²) in [5.74, 6) is 0.113. The van der Waals surface area contributed by atoms with Crippen molar-refractivity contribution in [2.24, 2.45) is 0 Å². The van der Waals surface area contributed by atoms with E-state index in [1.807, 2.05) is 18.2 Å². The Balaban J connectivity index is 1.26. The van der Waals surface area contributed by atoms with Crippen molar-refractivity contribution >= 4 is 23.2 Å². The van der Waals surface area contributed by atoms with E-state index in [0.717, 1.165) is 37.4 Å². The lowest BCUT2D eigenvalue weighted by atomic mass is 9.86. The Morgan fingerprint density at radius 3 is 2.86 bits per heavy atom. The number of carbonyl (C=O) groups is 2. The number of thiophene rings is 1. The maximum Gasteiger partial charge on any atom is 0.242 e. The first kappa shape index (κ1) is 20.1. The van der Waals surface area contributed by atoms with Gasteiger partial charge in [0.1, 0.15) is 6.04 Å². The first-order valence-electron chi connectivity index (χ1n) is 10.3. The van der Waals surface area contributed by atoms with Crippen molar-refractivity contribution in [1.29, 1.82) is 0 Å². The molecule has 3 heterocycles. The SMILES string of the molecule is CC(NC(=O)[C@H]1C[C@@H](c2ccccc2)CCN1)C(=O)NCc1cc2c(s1)CNC2. The molecule has 0 aliphatic carbocycles. The third-order valence-electron chi connectivity index (χ3n) is 5.73. The number of carbonyl (C=O) groups excluding carboxylic acids is 2. The Morgan fingerprint density at radius 2 is 2.07 bits per heavy atom. The van der Waals surface area contributed by atoms with E-state index in [2.05, 4.69) is 39.5 Å². The molecule has 2 aromatic rings. The molecule has 6 nitrogen and oxygen atoms in total. The van der Waals surface area contributed by atoms with Gasteiger partial charge in [-0.1, -0.05) is 30.3 Å². The van der Waals surface area contributed by atoms with Gasteiger partial charge in [0.15, 0.2) is 0 Å². The van der Waals surface area contributed by atoms with E-state index in [1.165, 1.54) is 16.0 Å². The minimum atomic E-state index is -0.560. The Labute approximate surface area is 175 Å². The van der Waals surface area contributed by atoms with Crippen molar-refractivity contribution in [2.45, 2.75) is 57.4 Å². The van der Waals surface area contributed by atoms with Crippen LogP contribution in [0.2, 0.25) is 0 Å². The molecule has 0 saturated carbocycles. The van der Waals surface area contributed by atoms with Crippen molar-refractivity contribution in [3.63, 3.8) is 0 Å². The van der Waals surface area contributed by atoms with Crippen molar-refractivity contribution in [3.05, 3.63) is 57.3 Å². The molecule has 1 unspecified atom stereocenters. The fourth-order valence-electron chi connectivity index (χ4n) is 4.08. The molecule has 1 saturated heterocycles. The highest BCUT2D eigenvalue weighted by atomic mass is 32.1. The number of fused-ring (bicyclic) bond motifs is 1. The largest absolute Gasteiger partial charge is 0.349 e. The van der Waals surface area contributed by atoms with Gasteiger partial charge in [0, 0.05) is 22.8 Å². The van der Waals surface area contributed by atoms with E-state index in [0.29, 0.717) is 12.5 Å². The average molecular weight is 413 g/mol. The van der Waals surface area contributed by atoms with Crippen LogP contribution in [-0.4, -0.2) is 30.4 Å². The predicted molar refractivity (Wildman–Crippen MR) is 115 cm³/mol. The van der Waals surface area contributed by atoms with Crippen LogP contribution >= 0.6 is 11.3 Å². The summed E-state index contributed by atoms with van der Waals surface area (Å²) in [6.45, 7) is 4.87. The van der Waals surface area contributed by atoms with Crippen molar-refractivity contribution in [1.82, 2.24) is 21.3 Å². The number of piperidine rings is 1. The maximum atomic E-state index is 12.7. The second-order valence-electron chi connectivity index (χ2n) is 7.85. The quantitative estimate of drug-likeness (QED) is 0.585. The molecule has 154 valence electrons. The lowest BCUT2D eigenvalue weighted by Crippen LogP contribution is -2.53. The molecule has 2 amide bonds. The Kier molecular flexibility index (Phi) is 6.28. The average Bonchev–Trinajstić information content (AvgIpc) is 3.34. The Hall–Kier alpha value is -2.22. The Morgan fingerprint density at radius 1 is 1.24 bits per heavy atom. The van der Waals surface area contributed by atoms with Gasteiger partial charge in [-0.3, -0.25) is 9.59 Å². The molecule has 1 aromatic heterocycles. The summed E-state index contributed by atoms with van der Waals surface area (Å²) in [5, 5.41) is 12.4. The number of benzene rings is 1. The molecule has 1 fully saturated rings. The third kappa shape index (κ3) is 4.86. The van der Waals surface area contributed by atoms with Gasteiger partial charge < -0.3 is 21.3 Å². The van der Waals surface area contributed by atoms with Gasteiger partial charge in [-0.05, 0) is 49.4 Å². The van der Waals surface area contributed by atoms with Crippen LogP contribution in [-0.2, 0) is 29.2 Å². The minimum Gasteiger partial charge on any atom is -0.349 e. The molecule has 3 atom stereocenters. The number of hydrogen-bond donors (Lipinski definition) is 4. The van der Waals surface area contributed by atoms with E-state index < -0.39 is 6.04 Å². The first-order chi connectivity index (χ1) is 14.1. The summed E-state index contributed by atoms with van der Waals surface area (Å²) in [4.78, 5) is 27.7. The highest BCUT2D eigenvalue weighted by Gasteiger charge is 2.29. The molecule has 4 N–H and O–H groups in total.